The molecule has 1 fully saturated rings. The molecule has 0 saturated carbocycles. The van der Waals surface area contributed by atoms with Crippen molar-refractivity contribution < 1.29 is 14.7 Å². The topological polar surface area (TPSA) is 114 Å². The number of carbonyl (C=O) groups is 2. The maximum atomic E-state index is 12.3. The summed E-state index contributed by atoms with van der Waals surface area (Å²) in [6, 6.07) is -0.0301. The number of amides is 1. The van der Waals surface area contributed by atoms with Gasteiger partial charge in [-0.1, -0.05) is 19.1 Å². The van der Waals surface area contributed by atoms with Gasteiger partial charge in [0, 0.05) is 13.1 Å². The Morgan fingerprint density at radius 2 is 2.05 bits per heavy atom. The average molecular weight is 281 g/mol. The van der Waals surface area contributed by atoms with Gasteiger partial charge in [-0.05, 0) is 12.8 Å². The van der Waals surface area contributed by atoms with Gasteiger partial charge in [-0.15, -0.1) is 5.10 Å². The molecule has 0 bridgehead atoms. The number of nitrogens with zero attached hydrogens (tertiary/aromatic N) is 4. The summed E-state index contributed by atoms with van der Waals surface area (Å²) in [6.07, 6.45) is 2.57. The number of rotatable bonds is 5. The largest absolute Gasteiger partial charge is 0.476 e. The van der Waals surface area contributed by atoms with E-state index in [0.29, 0.717) is 25.9 Å². The Hall–Kier alpha value is -1.96. The monoisotopic (exact) mass is 281 g/mol. The lowest BCUT2D eigenvalue weighted by molar-refractivity contribution is -0.143. The Morgan fingerprint density at radius 3 is 2.50 bits per heavy atom. The van der Waals surface area contributed by atoms with Gasteiger partial charge in [-0.3, -0.25) is 4.79 Å². The van der Waals surface area contributed by atoms with Crippen LogP contribution in [-0.4, -0.2) is 55.5 Å². The van der Waals surface area contributed by atoms with Crippen molar-refractivity contribution in [3.05, 3.63) is 11.9 Å². The Labute approximate surface area is 116 Å². The molecule has 1 aromatic heterocycles. The van der Waals surface area contributed by atoms with Crippen molar-refractivity contribution in [1.29, 1.82) is 0 Å². The van der Waals surface area contributed by atoms with Crippen molar-refractivity contribution in [2.75, 3.05) is 13.1 Å². The molecule has 8 nitrogen and oxygen atoms in total. The van der Waals surface area contributed by atoms with Gasteiger partial charge in [0.15, 0.2) is 5.69 Å². The molecular formula is C12H19N5O3. The molecule has 0 unspecified atom stereocenters. The van der Waals surface area contributed by atoms with E-state index in [2.05, 4.69) is 10.3 Å². The lowest BCUT2D eigenvalue weighted by atomic mass is 9.90. The Morgan fingerprint density at radius 1 is 1.45 bits per heavy atom. The average Bonchev–Trinajstić information content (AvgIpc) is 2.85. The van der Waals surface area contributed by atoms with E-state index in [1.165, 1.54) is 10.9 Å². The maximum Gasteiger partial charge on any atom is 0.358 e. The summed E-state index contributed by atoms with van der Waals surface area (Å²) in [6.45, 7) is 4.77. The van der Waals surface area contributed by atoms with E-state index in [9.17, 15) is 9.59 Å². The fourth-order valence-corrected chi connectivity index (χ4v) is 2.21. The van der Waals surface area contributed by atoms with E-state index in [4.69, 9.17) is 10.8 Å². The first kappa shape index (κ1) is 14.4. The molecule has 0 atom stereocenters. The van der Waals surface area contributed by atoms with Crippen LogP contribution >= 0.6 is 0 Å². The highest BCUT2D eigenvalue weighted by Crippen LogP contribution is 2.25. The molecule has 1 aliphatic heterocycles. The minimum Gasteiger partial charge on any atom is -0.476 e. The number of hydrogen-bond acceptors (Lipinski definition) is 5. The van der Waals surface area contributed by atoms with Crippen LogP contribution in [0.25, 0.3) is 0 Å². The van der Waals surface area contributed by atoms with Crippen molar-refractivity contribution in [3.8, 4) is 0 Å². The fraction of sp³-hybridized carbons (Fsp3) is 0.667. The Kier molecular flexibility index (Phi) is 3.76. The molecule has 2 rings (SSSR count). The number of aromatic nitrogens is 3. The van der Waals surface area contributed by atoms with E-state index in [1.807, 2.05) is 13.8 Å². The zero-order chi connectivity index (χ0) is 14.9. The summed E-state index contributed by atoms with van der Waals surface area (Å²) in [5.41, 5.74) is 5.18. The predicted octanol–water partition coefficient (Wildman–Crippen LogP) is -0.123. The van der Waals surface area contributed by atoms with E-state index < -0.39 is 11.5 Å². The standard InChI is InChI=1S/C12H19N5O3/c1-3-12(13,4-2)11(20)16-5-8(6-16)17-7-9(10(18)19)14-15-17/h7-8H,3-6,13H2,1-2H3,(H,18,19). The second kappa shape index (κ2) is 5.20. The number of likely N-dealkylation sites (tertiary alicyclic amines) is 1. The van der Waals surface area contributed by atoms with Crippen molar-refractivity contribution in [2.45, 2.75) is 38.3 Å². The van der Waals surface area contributed by atoms with Gasteiger partial charge >= 0.3 is 5.97 Å². The van der Waals surface area contributed by atoms with Crippen molar-refractivity contribution in [2.24, 2.45) is 5.73 Å². The molecular weight excluding hydrogens is 262 g/mol. The summed E-state index contributed by atoms with van der Waals surface area (Å²) in [4.78, 5) is 24.7. The Balaban J connectivity index is 1.97. The molecule has 3 N–H and O–H groups in total. The van der Waals surface area contributed by atoms with Crippen LogP contribution in [0.15, 0.2) is 6.20 Å². The third kappa shape index (κ3) is 2.38. The van der Waals surface area contributed by atoms with E-state index in [0.717, 1.165) is 0 Å². The number of carboxylic acid groups (broad SMARTS) is 1. The van der Waals surface area contributed by atoms with Crippen LogP contribution in [0.2, 0.25) is 0 Å². The highest BCUT2D eigenvalue weighted by molar-refractivity contribution is 5.87. The number of carboxylic acids is 1. The predicted molar refractivity (Wildman–Crippen MR) is 70.1 cm³/mol. The van der Waals surface area contributed by atoms with Crippen molar-refractivity contribution in [3.63, 3.8) is 0 Å². The molecule has 1 aromatic rings. The van der Waals surface area contributed by atoms with Crippen LogP contribution in [0.4, 0.5) is 0 Å². The number of nitrogens with two attached hydrogens (primary N) is 1. The van der Waals surface area contributed by atoms with Gasteiger partial charge in [-0.2, -0.15) is 0 Å². The highest BCUT2D eigenvalue weighted by Gasteiger charge is 2.41. The van der Waals surface area contributed by atoms with Gasteiger partial charge in [-0.25, -0.2) is 9.48 Å². The van der Waals surface area contributed by atoms with E-state index in [1.54, 1.807) is 4.90 Å². The molecule has 1 amide bonds. The van der Waals surface area contributed by atoms with Gasteiger partial charge < -0.3 is 15.7 Å². The van der Waals surface area contributed by atoms with Crippen LogP contribution in [0, 0.1) is 0 Å². The molecule has 0 radical (unpaired) electrons. The van der Waals surface area contributed by atoms with Crippen LogP contribution < -0.4 is 5.73 Å². The molecule has 1 aliphatic rings. The van der Waals surface area contributed by atoms with Crippen LogP contribution in [0.3, 0.4) is 0 Å². The molecule has 0 spiro atoms. The smallest absolute Gasteiger partial charge is 0.358 e. The van der Waals surface area contributed by atoms with Gasteiger partial charge in [0.05, 0.1) is 17.8 Å². The zero-order valence-electron chi connectivity index (χ0n) is 11.6. The second-order valence-corrected chi connectivity index (χ2v) is 5.12. The van der Waals surface area contributed by atoms with Crippen LogP contribution in [0.1, 0.15) is 43.2 Å². The van der Waals surface area contributed by atoms with E-state index >= 15 is 0 Å². The van der Waals surface area contributed by atoms with Gasteiger partial charge in [0.25, 0.3) is 0 Å². The zero-order valence-corrected chi connectivity index (χ0v) is 11.6. The molecule has 8 heteroatoms. The summed E-state index contributed by atoms with van der Waals surface area (Å²) in [5, 5.41) is 16.1. The number of aromatic carboxylic acids is 1. The molecule has 0 aromatic carbocycles. The van der Waals surface area contributed by atoms with E-state index in [-0.39, 0.29) is 17.6 Å². The first-order valence-corrected chi connectivity index (χ1v) is 6.64. The maximum absolute atomic E-state index is 12.3. The molecule has 20 heavy (non-hydrogen) atoms. The first-order chi connectivity index (χ1) is 9.41. The summed E-state index contributed by atoms with van der Waals surface area (Å²) >= 11 is 0. The van der Waals surface area contributed by atoms with Crippen molar-refractivity contribution >= 4 is 11.9 Å². The lowest BCUT2D eigenvalue weighted by Gasteiger charge is -2.43. The lowest BCUT2D eigenvalue weighted by Crippen LogP contribution is -2.61. The molecule has 0 aliphatic carbocycles. The van der Waals surface area contributed by atoms with Crippen LogP contribution in [0.5, 0.6) is 0 Å². The SMILES string of the molecule is CCC(N)(CC)C(=O)N1CC(n2cc(C(=O)O)nn2)C1. The quantitative estimate of drug-likeness (QED) is 0.777. The Bertz CT molecular complexity index is 517. The number of carbonyl (C=O) groups excluding carboxylic acids is 1. The number of hydrogen-bond donors (Lipinski definition) is 2. The minimum absolute atomic E-state index is 0.0301. The summed E-state index contributed by atoms with van der Waals surface area (Å²) in [5.74, 6) is -1.17. The van der Waals surface area contributed by atoms with Gasteiger partial charge in [0.2, 0.25) is 5.91 Å². The summed E-state index contributed by atoms with van der Waals surface area (Å²) < 4.78 is 1.49. The summed E-state index contributed by atoms with van der Waals surface area (Å²) in [7, 11) is 0. The molecule has 2 heterocycles. The molecule has 1 saturated heterocycles. The normalized spacial score (nSPS) is 16.1. The van der Waals surface area contributed by atoms with Crippen LogP contribution in [-0.2, 0) is 4.79 Å². The minimum atomic E-state index is -1.11. The van der Waals surface area contributed by atoms with Gasteiger partial charge in [0.1, 0.15) is 0 Å². The third-order valence-corrected chi connectivity index (χ3v) is 3.94. The third-order valence-electron chi connectivity index (χ3n) is 3.94. The second-order valence-electron chi connectivity index (χ2n) is 5.12. The van der Waals surface area contributed by atoms with Crippen molar-refractivity contribution in [1.82, 2.24) is 19.9 Å². The molecule has 110 valence electrons. The first-order valence-electron chi connectivity index (χ1n) is 6.64. The fourth-order valence-electron chi connectivity index (χ4n) is 2.21. The highest BCUT2D eigenvalue weighted by atomic mass is 16.4.